The van der Waals surface area contributed by atoms with Crippen molar-refractivity contribution in [1.82, 2.24) is 5.32 Å². The zero-order valence-corrected chi connectivity index (χ0v) is 8.46. The molecule has 1 aliphatic carbocycles. The Labute approximate surface area is 84.9 Å². The normalized spacial score (nSPS) is 17.7. The fourth-order valence-corrected chi connectivity index (χ4v) is 1.43. The zero-order valence-electron chi connectivity index (χ0n) is 8.46. The van der Waals surface area contributed by atoms with Crippen LogP contribution in [0.4, 0.5) is 0 Å². The molecule has 0 amide bonds. The van der Waals surface area contributed by atoms with E-state index in [0.29, 0.717) is 19.6 Å². The maximum atomic E-state index is 8.58. The second-order valence-electron chi connectivity index (χ2n) is 3.85. The van der Waals surface area contributed by atoms with Gasteiger partial charge < -0.3 is 15.2 Å². The van der Waals surface area contributed by atoms with Crippen molar-refractivity contribution in [3.63, 3.8) is 0 Å². The van der Waals surface area contributed by atoms with E-state index in [4.69, 9.17) is 15.1 Å². The van der Waals surface area contributed by atoms with Crippen molar-refractivity contribution >= 4 is 0 Å². The maximum absolute atomic E-state index is 8.58. The van der Waals surface area contributed by atoms with E-state index in [1.165, 1.54) is 12.8 Å². The fourth-order valence-electron chi connectivity index (χ4n) is 1.43. The van der Waals surface area contributed by atoms with Gasteiger partial charge in [0.05, 0.1) is 25.9 Å². The van der Waals surface area contributed by atoms with Crippen molar-refractivity contribution in [2.75, 3.05) is 32.9 Å². The third kappa shape index (κ3) is 4.05. The number of ether oxygens (including phenoxy) is 1. The lowest BCUT2D eigenvalue weighted by Gasteiger charge is -2.11. The number of aliphatic hydroxyl groups is 1. The Bertz CT molecular complexity index is 197. The summed E-state index contributed by atoms with van der Waals surface area (Å²) in [5, 5.41) is 20.3. The average Bonchev–Trinajstić information content (AvgIpc) is 2.93. The van der Waals surface area contributed by atoms with E-state index in [1.807, 2.05) is 0 Å². The van der Waals surface area contributed by atoms with Crippen LogP contribution in [-0.4, -0.2) is 38.0 Å². The quantitative estimate of drug-likeness (QED) is 0.550. The highest BCUT2D eigenvalue weighted by Crippen LogP contribution is 2.47. The van der Waals surface area contributed by atoms with Crippen LogP contribution in [0.1, 0.15) is 19.3 Å². The molecule has 2 N–H and O–H groups in total. The average molecular weight is 198 g/mol. The third-order valence-corrected chi connectivity index (χ3v) is 2.57. The highest BCUT2D eigenvalue weighted by atomic mass is 16.5. The Morgan fingerprint density at radius 2 is 2.21 bits per heavy atom. The van der Waals surface area contributed by atoms with Gasteiger partial charge in [0.1, 0.15) is 0 Å². The number of aliphatic hydroxyl groups excluding tert-OH is 1. The molecule has 1 aliphatic rings. The first kappa shape index (κ1) is 11.4. The molecule has 0 heterocycles. The summed E-state index contributed by atoms with van der Waals surface area (Å²) in [5.41, 5.74) is 0.270. The van der Waals surface area contributed by atoms with Crippen molar-refractivity contribution in [2.24, 2.45) is 5.41 Å². The van der Waals surface area contributed by atoms with Crippen molar-refractivity contribution < 1.29 is 9.84 Å². The molecule has 0 atom stereocenters. The van der Waals surface area contributed by atoms with Crippen molar-refractivity contribution in [1.29, 1.82) is 5.26 Å². The summed E-state index contributed by atoms with van der Waals surface area (Å²) in [4.78, 5) is 0. The van der Waals surface area contributed by atoms with E-state index in [9.17, 15) is 0 Å². The molecule has 0 aromatic heterocycles. The molecule has 0 unspecified atom stereocenters. The van der Waals surface area contributed by atoms with E-state index in [1.54, 1.807) is 0 Å². The summed E-state index contributed by atoms with van der Waals surface area (Å²) in [7, 11) is 0. The lowest BCUT2D eigenvalue weighted by Crippen LogP contribution is -2.27. The highest BCUT2D eigenvalue weighted by molar-refractivity contribution is 5.00. The Kier molecular flexibility index (Phi) is 4.88. The van der Waals surface area contributed by atoms with Gasteiger partial charge in [0.2, 0.25) is 0 Å². The maximum Gasteiger partial charge on any atom is 0.0698 e. The van der Waals surface area contributed by atoms with Gasteiger partial charge in [-0.15, -0.1) is 0 Å². The second-order valence-corrected chi connectivity index (χ2v) is 3.85. The minimum absolute atomic E-state index is 0.0817. The first-order valence-corrected chi connectivity index (χ1v) is 5.09. The van der Waals surface area contributed by atoms with Gasteiger partial charge >= 0.3 is 0 Å². The number of nitrogens with one attached hydrogen (secondary N) is 1. The van der Waals surface area contributed by atoms with E-state index < -0.39 is 0 Å². The first-order valence-electron chi connectivity index (χ1n) is 5.09. The third-order valence-electron chi connectivity index (χ3n) is 2.57. The molecular formula is C10H18N2O2. The SMILES string of the molecule is N#CCC1(CNCCOCCO)CC1. The summed E-state index contributed by atoms with van der Waals surface area (Å²) in [6.45, 7) is 2.84. The first-order chi connectivity index (χ1) is 6.83. The molecule has 4 heteroatoms. The van der Waals surface area contributed by atoms with E-state index in [2.05, 4.69) is 11.4 Å². The summed E-state index contributed by atoms with van der Waals surface area (Å²) in [5.74, 6) is 0. The van der Waals surface area contributed by atoms with Gasteiger partial charge in [-0.05, 0) is 18.3 Å². The van der Waals surface area contributed by atoms with Crippen LogP contribution in [0.15, 0.2) is 0 Å². The molecule has 0 aliphatic heterocycles. The number of nitriles is 1. The molecule has 1 rings (SSSR count). The molecular weight excluding hydrogens is 180 g/mol. The van der Waals surface area contributed by atoms with Gasteiger partial charge in [-0.1, -0.05) is 0 Å². The number of nitrogens with zero attached hydrogens (tertiary/aromatic N) is 1. The Morgan fingerprint density at radius 1 is 1.43 bits per heavy atom. The monoisotopic (exact) mass is 198 g/mol. The molecule has 80 valence electrons. The lowest BCUT2D eigenvalue weighted by molar-refractivity contribution is 0.0933. The molecule has 0 aromatic carbocycles. The van der Waals surface area contributed by atoms with Crippen LogP contribution < -0.4 is 5.32 Å². The highest BCUT2D eigenvalue weighted by Gasteiger charge is 2.41. The van der Waals surface area contributed by atoms with Crippen molar-refractivity contribution in [2.45, 2.75) is 19.3 Å². The Hall–Kier alpha value is -0.630. The minimum Gasteiger partial charge on any atom is -0.394 e. The molecule has 1 saturated carbocycles. The molecule has 0 saturated heterocycles. The van der Waals surface area contributed by atoms with E-state index in [-0.39, 0.29) is 12.0 Å². The van der Waals surface area contributed by atoms with Crippen molar-refractivity contribution in [3.05, 3.63) is 0 Å². The number of rotatable bonds is 8. The molecule has 0 aromatic rings. The summed E-state index contributed by atoms with van der Waals surface area (Å²) >= 11 is 0. The van der Waals surface area contributed by atoms with Crippen LogP contribution in [0.25, 0.3) is 0 Å². The van der Waals surface area contributed by atoms with E-state index in [0.717, 1.165) is 13.1 Å². The smallest absolute Gasteiger partial charge is 0.0698 e. The summed E-state index contributed by atoms with van der Waals surface area (Å²) in [6.07, 6.45) is 3.01. The Balaban J connectivity index is 1.91. The van der Waals surface area contributed by atoms with Gasteiger partial charge in [0, 0.05) is 19.5 Å². The largest absolute Gasteiger partial charge is 0.394 e. The lowest BCUT2D eigenvalue weighted by atomic mass is 10.0. The van der Waals surface area contributed by atoms with Crippen LogP contribution in [0, 0.1) is 16.7 Å². The van der Waals surface area contributed by atoms with Gasteiger partial charge in [-0.2, -0.15) is 5.26 Å². The van der Waals surface area contributed by atoms with Gasteiger partial charge in [0.25, 0.3) is 0 Å². The topological polar surface area (TPSA) is 65.3 Å². The Morgan fingerprint density at radius 3 is 2.79 bits per heavy atom. The molecule has 0 spiro atoms. The van der Waals surface area contributed by atoms with Gasteiger partial charge in [-0.25, -0.2) is 0 Å². The number of hydrogen-bond donors (Lipinski definition) is 2. The zero-order chi connectivity index (χ0) is 10.3. The van der Waals surface area contributed by atoms with Crippen LogP contribution in [-0.2, 0) is 4.74 Å². The van der Waals surface area contributed by atoms with Crippen LogP contribution in [0.5, 0.6) is 0 Å². The predicted octanol–water partition coefficient (Wildman–Crippen LogP) is 0.279. The molecule has 4 nitrogen and oxygen atoms in total. The summed E-state index contributed by atoms with van der Waals surface area (Å²) < 4.78 is 5.10. The molecule has 1 fully saturated rings. The van der Waals surface area contributed by atoms with Gasteiger partial charge in [0.15, 0.2) is 0 Å². The predicted molar refractivity (Wildman–Crippen MR) is 52.7 cm³/mol. The van der Waals surface area contributed by atoms with Crippen LogP contribution in [0.2, 0.25) is 0 Å². The second kappa shape index (κ2) is 5.97. The molecule has 0 radical (unpaired) electrons. The molecule has 14 heavy (non-hydrogen) atoms. The van der Waals surface area contributed by atoms with Crippen molar-refractivity contribution in [3.8, 4) is 6.07 Å². The summed E-state index contributed by atoms with van der Waals surface area (Å²) in [6, 6.07) is 2.23. The standard InChI is InChI=1S/C10H18N2O2/c11-4-3-10(1-2-10)9-12-5-7-14-8-6-13/h12-13H,1-3,5-9H2. The van der Waals surface area contributed by atoms with Crippen LogP contribution in [0.3, 0.4) is 0 Å². The minimum atomic E-state index is 0.0817. The number of hydrogen-bond acceptors (Lipinski definition) is 4. The fraction of sp³-hybridized carbons (Fsp3) is 0.900. The van der Waals surface area contributed by atoms with Gasteiger partial charge in [-0.3, -0.25) is 0 Å². The van der Waals surface area contributed by atoms with Crippen LogP contribution >= 0.6 is 0 Å². The molecule has 0 bridgehead atoms. The van der Waals surface area contributed by atoms with E-state index >= 15 is 0 Å².